The van der Waals surface area contributed by atoms with Gasteiger partial charge in [0.2, 0.25) is 0 Å². The minimum absolute atomic E-state index is 0.247. The summed E-state index contributed by atoms with van der Waals surface area (Å²) in [6.45, 7) is 10.7. The lowest BCUT2D eigenvalue weighted by Crippen LogP contribution is -2.41. The Labute approximate surface area is 117 Å². The Morgan fingerprint density at radius 3 is 2.79 bits per heavy atom. The van der Waals surface area contributed by atoms with Gasteiger partial charge in [-0.25, -0.2) is 0 Å². The molecule has 0 aliphatic carbocycles. The summed E-state index contributed by atoms with van der Waals surface area (Å²) < 4.78 is 0. The Kier molecular flexibility index (Phi) is 6.07. The van der Waals surface area contributed by atoms with Gasteiger partial charge in [-0.05, 0) is 45.9 Å². The first-order chi connectivity index (χ1) is 8.90. The summed E-state index contributed by atoms with van der Waals surface area (Å²) in [7, 11) is 2.16. The van der Waals surface area contributed by atoms with Gasteiger partial charge in [0.25, 0.3) is 0 Å². The molecule has 0 saturated carbocycles. The summed E-state index contributed by atoms with van der Waals surface area (Å²) in [6.07, 6.45) is 3.53. The van der Waals surface area contributed by atoms with Crippen LogP contribution < -0.4 is 5.73 Å². The van der Waals surface area contributed by atoms with Crippen molar-refractivity contribution in [3.05, 3.63) is 0 Å². The number of rotatable bonds is 7. The molecule has 0 radical (unpaired) electrons. The monoisotopic (exact) mass is 270 g/mol. The first-order valence-electron chi connectivity index (χ1n) is 7.31. The van der Waals surface area contributed by atoms with E-state index in [2.05, 4.69) is 28.9 Å². The predicted molar refractivity (Wildman–Crippen MR) is 79.6 cm³/mol. The summed E-state index contributed by atoms with van der Waals surface area (Å²) in [5.41, 5.74) is 5.47. The molecule has 1 aliphatic heterocycles. The van der Waals surface area contributed by atoms with Crippen LogP contribution in [0, 0.1) is 5.41 Å². The first-order valence-corrected chi connectivity index (χ1v) is 7.31. The van der Waals surface area contributed by atoms with Crippen LogP contribution in [0.1, 0.15) is 40.0 Å². The Balaban J connectivity index is 2.37. The largest absolute Gasteiger partial charge is 0.409 e. The quantitative estimate of drug-likeness (QED) is 0.319. The average Bonchev–Trinajstić information content (AvgIpc) is 2.82. The third-order valence-electron chi connectivity index (χ3n) is 4.35. The lowest BCUT2D eigenvalue weighted by atomic mass is 9.88. The fourth-order valence-electron chi connectivity index (χ4n) is 2.70. The molecule has 1 saturated heterocycles. The molecule has 0 aromatic heterocycles. The summed E-state index contributed by atoms with van der Waals surface area (Å²) in [6, 6.07) is 0.696. The van der Waals surface area contributed by atoms with Gasteiger partial charge < -0.3 is 15.8 Å². The van der Waals surface area contributed by atoms with E-state index in [9.17, 15) is 0 Å². The topological polar surface area (TPSA) is 65.1 Å². The maximum Gasteiger partial charge on any atom is 0.144 e. The molecule has 0 aromatic carbocycles. The van der Waals surface area contributed by atoms with E-state index >= 15 is 0 Å². The van der Waals surface area contributed by atoms with Crippen LogP contribution in [0.2, 0.25) is 0 Å². The zero-order valence-electron chi connectivity index (χ0n) is 12.9. The van der Waals surface area contributed by atoms with Gasteiger partial charge in [-0.3, -0.25) is 4.90 Å². The summed E-state index contributed by atoms with van der Waals surface area (Å²) in [4.78, 5) is 4.93. The number of oxime groups is 1. The van der Waals surface area contributed by atoms with E-state index in [1.165, 1.54) is 19.4 Å². The van der Waals surface area contributed by atoms with Crippen molar-refractivity contribution in [1.82, 2.24) is 9.80 Å². The summed E-state index contributed by atoms with van der Waals surface area (Å²) in [5.74, 6) is 0.317. The van der Waals surface area contributed by atoms with Gasteiger partial charge >= 0.3 is 0 Å². The van der Waals surface area contributed by atoms with Crippen molar-refractivity contribution in [2.75, 3.05) is 33.2 Å². The van der Waals surface area contributed by atoms with Crippen LogP contribution in [0.15, 0.2) is 5.16 Å². The molecule has 1 unspecified atom stereocenters. The zero-order valence-corrected chi connectivity index (χ0v) is 12.9. The number of nitrogens with two attached hydrogens (primary N) is 1. The van der Waals surface area contributed by atoms with E-state index in [4.69, 9.17) is 10.9 Å². The number of hydrogen-bond donors (Lipinski definition) is 2. The van der Waals surface area contributed by atoms with E-state index in [1.54, 1.807) is 0 Å². The summed E-state index contributed by atoms with van der Waals surface area (Å²) in [5, 5.41) is 11.9. The highest BCUT2D eigenvalue weighted by Gasteiger charge is 2.26. The molecule has 112 valence electrons. The van der Waals surface area contributed by atoms with Gasteiger partial charge in [-0.2, -0.15) is 0 Å². The highest BCUT2D eigenvalue weighted by atomic mass is 16.4. The molecule has 1 atom stereocenters. The highest BCUT2D eigenvalue weighted by molar-refractivity contribution is 5.85. The second kappa shape index (κ2) is 7.10. The van der Waals surface area contributed by atoms with Crippen LogP contribution >= 0.6 is 0 Å². The number of likely N-dealkylation sites (N-methyl/N-ethyl adjacent to an activating group) is 2. The van der Waals surface area contributed by atoms with Crippen molar-refractivity contribution < 1.29 is 5.21 Å². The molecule has 3 N–H and O–H groups in total. The van der Waals surface area contributed by atoms with Crippen molar-refractivity contribution in [3.63, 3.8) is 0 Å². The maximum absolute atomic E-state index is 8.77. The molecule has 5 nitrogen and oxygen atoms in total. The van der Waals surface area contributed by atoms with E-state index in [1.807, 2.05) is 13.8 Å². The second-order valence-corrected chi connectivity index (χ2v) is 6.31. The molecule has 0 amide bonds. The van der Waals surface area contributed by atoms with Crippen molar-refractivity contribution in [1.29, 1.82) is 0 Å². The molecule has 1 aliphatic rings. The number of nitrogens with zero attached hydrogens (tertiary/aromatic N) is 3. The van der Waals surface area contributed by atoms with Crippen LogP contribution in [0.3, 0.4) is 0 Å². The standard InChI is InChI=1S/C14H30N4O/c1-5-18-9-6-7-12(18)11-17(4)10-8-14(2,3)13(15)16-19/h12,19H,5-11H2,1-4H3,(H2,15,16). The molecule has 0 bridgehead atoms. The third kappa shape index (κ3) is 4.66. The van der Waals surface area contributed by atoms with E-state index < -0.39 is 0 Å². The van der Waals surface area contributed by atoms with Gasteiger partial charge in [0.05, 0.1) is 0 Å². The normalized spacial score (nSPS) is 22.4. The van der Waals surface area contributed by atoms with Gasteiger partial charge in [-0.1, -0.05) is 25.9 Å². The smallest absolute Gasteiger partial charge is 0.144 e. The minimum atomic E-state index is -0.247. The predicted octanol–water partition coefficient (Wildman–Crippen LogP) is 1.57. The lowest BCUT2D eigenvalue weighted by molar-refractivity contribution is 0.189. The van der Waals surface area contributed by atoms with Gasteiger partial charge in [0, 0.05) is 18.0 Å². The molecule has 5 heteroatoms. The second-order valence-electron chi connectivity index (χ2n) is 6.31. The van der Waals surface area contributed by atoms with Crippen molar-refractivity contribution in [2.45, 2.75) is 46.1 Å². The van der Waals surface area contributed by atoms with Crippen LogP contribution in [0.25, 0.3) is 0 Å². The van der Waals surface area contributed by atoms with E-state index in [0.717, 1.165) is 26.1 Å². The third-order valence-corrected chi connectivity index (χ3v) is 4.35. The SMILES string of the molecule is CCN1CCCC1CN(C)CCC(C)(C)C(N)=NO. The maximum atomic E-state index is 8.77. The van der Waals surface area contributed by atoms with E-state index in [0.29, 0.717) is 11.9 Å². The van der Waals surface area contributed by atoms with Crippen LogP contribution in [-0.4, -0.2) is 60.1 Å². The van der Waals surface area contributed by atoms with Crippen LogP contribution in [-0.2, 0) is 0 Å². The van der Waals surface area contributed by atoms with E-state index in [-0.39, 0.29) is 5.41 Å². The Hall–Kier alpha value is -0.810. The Bertz CT molecular complexity index is 304. The number of amidine groups is 1. The molecular formula is C14H30N4O. The fraction of sp³-hybridized carbons (Fsp3) is 0.929. The molecule has 1 fully saturated rings. The minimum Gasteiger partial charge on any atom is -0.409 e. The molecule has 1 heterocycles. The first kappa shape index (κ1) is 16.2. The van der Waals surface area contributed by atoms with Crippen LogP contribution in [0.4, 0.5) is 0 Å². The lowest BCUT2D eigenvalue weighted by Gasteiger charge is -2.30. The van der Waals surface area contributed by atoms with Crippen LogP contribution in [0.5, 0.6) is 0 Å². The highest BCUT2D eigenvalue weighted by Crippen LogP contribution is 2.22. The van der Waals surface area contributed by atoms with Crippen molar-refractivity contribution in [3.8, 4) is 0 Å². The van der Waals surface area contributed by atoms with Crippen molar-refractivity contribution >= 4 is 5.84 Å². The Morgan fingerprint density at radius 1 is 1.53 bits per heavy atom. The molecule has 0 spiro atoms. The molecule has 19 heavy (non-hydrogen) atoms. The fourth-order valence-corrected chi connectivity index (χ4v) is 2.70. The van der Waals surface area contributed by atoms with Gasteiger partial charge in [0.15, 0.2) is 0 Å². The summed E-state index contributed by atoms with van der Waals surface area (Å²) >= 11 is 0. The van der Waals surface area contributed by atoms with Crippen molar-refractivity contribution in [2.24, 2.45) is 16.3 Å². The molecule has 0 aromatic rings. The van der Waals surface area contributed by atoms with Gasteiger partial charge in [0.1, 0.15) is 5.84 Å². The zero-order chi connectivity index (χ0) is 14.5. The number of hydrogen-bond acceptors (Lipinski definition) is 4. The average molecular weight is 270 g/mol. The number of likely N-dealkylation sites (tertiary alicyclic amines) is 1. The van der Waals surface area contributed by atoms with Gasteiger partial charge in [-0.15, -0.1) is 0 Å². The molecular weight excluding hydrogens is 240 g/mol. The Morgan fingerprint density at radius 2 is 2.21 bits per heavy atom. The molecule has 1 rings (SSSR count).